The molecule has 0 aromatic rings. The van der Waals surface area contributed by atoms with E-state index in [0.29, 0.717) is 23.3 Å². The van der Waals surface area contributed by atoms with Crippen molar-refractivity contribution in [3.63, 3.8) is 0 Å². The van der Waals surface area contributed by atoms with Crippen LogP contribution in [0.5, 0.6) is 0 Å². The average molecular weight is 254 g/mol. The van der Waals surface area contributed by atoms with Crippen molar-refractivity contribution in [1.82, 2.24) is 0 Å². The molecule has 1 aliphatic heterocycles. The van der Waals surface area contributed by atoms with Gasteiger partial charge in [-0.15, -0.1) is 0 Å². The lowest BCUT2D eigenvalue weighted by atomic mass is 10.4. The summed E-state index contributed by atoms with van der Waals surface area (Å²) in [6.45, 7) is 0. The van der Waals surface area contributed by atoms with E-state index in [-0.39, 0.29) is 5.91 Å². The van der Waals surface area contributed by atoms with E-state index in [0.717, 1.165) is 12.8 Å². The molecule has 1 fully saturated rings. The minimum absolute atomic E-state index is 0.223. The Kier molecular flexibility index (Phi) is 3.71. The lowest BCUT2D eigenvalue weighted by Crippen LogP contribution is -2.05. The number of hydrogen-bond acceptors (Lipinski definition) is 2. The predicted molar refractivity (Wildman–Crippen MR) is 53.0 cm³/mol. The summed E-state index contributed by atoms with van der Waals surface area (Å²) >= 11 is 3.14. The van der Waals surface area contributed by atoms with Crippen LogP contribution in [0.4, 0.5) is 0 Å². The third kappa shape index (κ3) is 2.86. The van der Waals surface area contributed by atoms with E-state index in [1.54, 1.807) is 0 Å². The largest absolute Gasteiger partial charge is 0.272 e. The number of carbonyl (C=O) groups is 1. The first-order valence-electron chi connectivity index (χ1n) is 3.98. The first kappa shape index (κ1) is 10.2. The fourth-order valence-corrected chi connectivity index (χ4v) is 3.66. The quantitative estimate of drug-likeness (QED) is 0.702. The minimum atomic E-state index is -2.12. The Hall–Kier alpha value is 0.1000. The van der Waals surface area contributed by atoms with E-state index in [4.69, 9.17) is 0 Å². The monoisotopic (exact) mass is 253 g/mol. The molecule has 0 N–H and O–H groups in total. The molecule has 0 radical (unpaired) electrons. The van der Waals surface area contributed by atoms with Gasteiger partial charge in [-0.1, -0.05) is 15.9 Å². The van der Waals surface area contributed by atoms with Gasteiger partial charge in [0.25, 0.3) is 5.91 Å². The maximum Gasteiger partial charge on any atom is 0.254 e. The van der Waals surface area contributed by atoms with E-state index < -0.39 is 9.73 Å². The molecule has 0 aromatic heterocycles. The van der Waals surface area contributed by atoms with Gasteiger partial charge < -0.3 is 0 Å². The highest BCUT2D eigenvalue weighted by Crippen LogP contribution is 2.13. The Balaban J connectivity index is 2.66. The van der Waals surface area contributed by atoms with Gasteiger partial charge in [0.15, 0.2) is 0 Å². The summed E-state index contributed by atoms with van der Waals surface area (Å²) in [6.07, 6.45) is 2.25. The van der Waals surface area contributed by atoms with Crippen molar-refractivity contribution in [3.05, 3.63) is 0 Å². The molecule has 0 spiro atoms. The number of hydrogen-bond donors (Lipinski definition) is 0. The van der Waals surface area contributed by atoms with Gasteiger partial charge >= 0.3 is 0 Å². The van der Waals surface area contributed by atoms with Crippen LogP contribution in [0.3, 0.4) is 0 Å². The van der Waals surface area contributed by atoms with Crippen LogP contribution in [0.25, 0.3) is 0 Å². The highest BCUT2D eigenvalue weighted by Gasteiger charge is 2.17. The summed E-state index contributed by atoms with van der Waals surface area (Å²) in [4.78, 5) is 11.0. The Morgan fingerprint density at radius 3 is 2.50 bits per heavy atom. The van der Waals surface area contributed by atoms with Crippen LogP contribution in [0.2, 0.25) is 0 Å². The standard InChI is InChI=1S/C7H12BrNO2S/c8-4-3-7(10)9-12(11)5-1-2-6-12/h1-6H2. The van der Waals surface area contributed by atoms with Crippen molar-refractivity contribution in [2.24, 2.45) is 4.36 Å². The van der Waals surface area contributed by atoms with Crippen LogP contribution in [-0.2, 0) is 14.5 Å². The Morgan fingerprint density at radius 1 is 1.42 bits per heavy atom. The number of amides is 1. The summed E-state index contributed by atoms with van der Waals surface area (Å²) < 4.78 is 15.4. The summed E-state index contributed by atoms with van der Waals surface area (Å²) in [7, 11) is -2.12. The molecule has 1 rings (SSSR count). The number of rotatable bonds is 2. The molecule has 0 aromatic carbocycles. The maximum atomic E-state index is 11.7. The summed E-state index contributed by atoms with van der Waals surface area (Å²) in [6, 6.07) is 0. The van der Waals surface area contributed by atoms with Crippen molar-refractivity contribution < 1.29 is 9.00 Å². The third-order valence-corrected chi connectivity index (χ3v) is 4.54. The second-order valence-corrected chi connectivity index (χ2v) is 6.15. The van der Waals surface area contributed by atoms with Gasteiger partial charge in [0.05, 0.1) is 9.73 Å². The molecule has 0 saturated carbocycles. The molecule has 5 heteroatoms. The van der Waals surface area contributed by atoms with Gasteiger partial charge in [-0.3, -0.25) is 4.79 Å². The van der Waals surface area contributed by atoms with Gasteiger partial charge in [0.1, 0.15) is 0 Å². The van der Waals surface area contributed by atoms with E-state index in [1.165, 1.54) is 0 Å². The van der Waals surface area contributed by atoms with Crippen LogP contribution in [-0.4, -0.2) is 27.0 Å². The van der Waals surface area contributed by atoms with Crippen LogP contribution < -0.4 is 0 Å². The zero-order valence-electron chi connectivity index (χ0n) is 6.79. The molecule has 0 bridgehead atoms. The van der Waals surface area contributed by atoms with Crippen LogP contribution in [0.15, 0.2) is 4.36 Å². The van der Waals surface area contributed by atoms with Crippen molar-refractivity contribution >= 4 is 31.6 Å². The van der Waals surface area contributed by atoms with Gasteiger partial charge in [0, 0.05) is 23.3 Å². The van der Waals surface area contributed by atoms with Crippen LogP contribution in [0.1, 0.15) is 19.3 Å². The van der Waals surface area contributed by atoms with E-state index in [1.807, 2.05) is 0 Å². The predicted octanol–water partition coefficient (Wildman–Crippen LogP) is 1.56. The van der Waals surface area contributed by atoms with E-state index >= 15 is 0 Å². The van der Waals surface area contributed by atoms with Crippen molar-refractivity contribution in [2.45, 2.75) is 19.3 Å². The molecular formula is C7H12BrNO2S. The van der Waals surface area contributed by atoms with Crippen LogP contribution in [0, 0.1) is 0 Å². The molecule has 12 heavy (non-hydrogen) atoms. The van der Waals surface area contributed by atoms with E-state index in [9.17, 15) is 9.00 Å². The molecule has 1 aliphatic rings. The molecular weight excluding hydrogens is 242 g/mol. The maximum absolute atomic E-state index is 11.7. The number of carbonyl (C=O) groups excluding carboxylic acids is 1. The van der Waals surface area contributed by atoms with Crippen molar-refractivity contribution in [1.29, 1.82) is 0 Å². The molecule has 0 unspecified atom stereocenters. The number of nitrogens with zero attached hydrogens (tertiary/aromatic N) is 1. The highest BCUT2D eigenvalue weighted by molar-refractivity contribution is 9.09. The van der Waals surface area contributed by atoms with Gasteiger partial charge in [-0.05, 0) is 12.8 Å². The molecule has 70 valence electrons. The Bertz CT molecular complexity index is 269. The van der Waals surface area contributed by atoms with Gasteiger partial charge in [-0.25, -0.2) is 4.21 Å². The second kappa shape index (κ2) is 4.37. The molecule has 1 amide bonds. The second-order valence-electron chi connectivity index (χ2n) is 2.81. The molecule has 0 aliphatic carbocycles. The molecule has 1 saturated heterocycles. The molecule has 0 atom stereocenters. The summed E-state index contributed by atoms with van der Waals surface area (Å²) in [5, 5.41) is 0.602. The minimum Gasteiger partial charge on any atom is -0.272 e. The molecule has 3 nitrogen and oxygen atoms in total. The zero-order valence-corrected chi connectivity index (χ0v) is 9.20. The highest BCUT2D eigenvalue weighted by atomic mass is 79.9. The first-order valence-corrected chi connectivity index (χ1v) is 6.95. The lowest BCUT2D eigenvalue weighted by Gasteiger charge is -1.97. The van der Waals surface area contributed by atoms with Gasteiger partial charge in [-0.2, -0.15) is 4.36 Å². The first-order chi connectivity index (χ1) is 5.66. The van der Waals surface area contributed by atoms with Gasteiger partial charge in [0.2, 0.25) is 0 Å². The topological polar surface area (TPSA) is 46.5 Å². The smallest absolute Gasteiger partial charge is 0.254 e. The van der Waals surface area contributed by atoms with Crippen molar-refractivity contribution in [3.8, 4) is 0 Å². The normalized spacial score (nSPS) is 20.8. The number of alkyl halides is 1. The fourth-order valence-electron chi connectivity index (χ4n) is 1.16. The third-order valence-electron chi connectivity index (χ3n) is 1.75. The SMILES string of the molecule is O=C(CCBr)N=S1(=O)CCCC1. The Morgan fingerprint density at radius 2 is 2.00 bits per heavy atom. The van der Waals surface area contributed by atoms with Crippen LogP contribution >= 0.6 is 15.9 Å². The lowest BCUT2D eigenvalue weighted by molar-refractivity contribution is -0.117. The summed E-state index contributed by atoms with van der Waals surface area (Å²) in [5.41, 5.74) is 0. The molecule has 1 heterocycles. The zero-order chi connectivity index (χ0) is 9.03. The summed E-state index contributed by atoms with van der Waals surface area (Å²) in [5.74, 6) is 1.00. The van der Waals surface area contributed by atoms with E-state index in [2.05, 4.69) is 20.3 Å². The fraction of sp³-hybridized carbons (Fsp3) is 0.857. The average Bonchev–Trinajstić information content (AvgIpc) is 2.36. The number of halogens is 1. The van der Waals surface area contributed by atoms with Crippen molar-refractivity contribution in [2.75, 3.05) is 16.8 Å². The Labute approximate surface area is 81.2 Å².